The maximum atomic E-state index is 4.94. The summed E-state index contributed by atoms with van der Waals surface area (Å²) in [5, 5.41) is 0. The van der Waals surface area contributed by atoms with Gasteiger partial charge in [0.25, 0.3) is 0 Å². The van der Waals surface area contributed by atoms with Gasteiger partial charge in [-0.2, -0.15) is 0 Å². The lowest BCUT2D eigenvalue weighted by molar-refractivity contribution is 0.923. The minimum absolute atomic E-state index is 0.733. The van der Waals surface area contributed by atoms with Gasteiger partial charge < -0.3 is 4.57 Å². The third-order valence-electron chi connectivity index (χ3n) is 4.49. The summed E-state index contributed by atoms with van der Waals surface area (Å²) in [5.74, 6) is 1.74. The molecule has 0 N–H and O–H groups in total. The van der Waals surface area contributed by atoms with Crippen LogP contribution in [0.5, 0.6) is 0 Å². The van der Waals surface area contributed by atoms with Gasteiger partial charge in [0.15, 0.2) is 0 Å². The lowest BCUT2D eigenvalue weighted by atomic mass is 10.0. The Morgan fingerprint density at radius 3 is 2.32 bits per heavy atom. The Bertz CT molecular complexity index is 806. The Balaban J connectivity index is 1.83. The first kappa shape index (κ1) is 13.3. The highest BCUT2D eigenvalue weighted by Crippen LogP contribution is 2.44. The van der Waals surface area contributed by atoms with E-state index in [-0.39, 0.29) is 0 Å². The Morgan fingerprint density at radius 1 is 0.864 bits per heavy atom. The molecule has 0 unspecified atom stereocenters. The fourth-order valence-electron chi connectivity index (χ4n) is 3.21. The van der Waals surface area contributed by atoms with E-state index in [1.165, 1.54) is 35.4 Å². The molecule has 0 saturated heterocycles. The Hall–Kier alpha value is -2.35. The van der Waals surface area contributed by atoms with Crippen LogP contribution in [-0.2, 0) is 0 Å². The molecular weight excluding hydrogens is 268 g/mol. The number of aryl methyl sites for hydroxylation is 2. The molecule has 1 fully saturated rings. The molecule has 110 valence electrons. The fourth-order valence-corrected chi connectivity index (χ4v) is 3.21. The minimum atomic E-state index is 0.733. The number of aromatic nitrogens is 2. The number of hydrogen-bond donors (Lipinski definition) is 0. The van der Waals surface area contributed by atoms with E-state index in [1.54, 1.807) is 0 Å². The molecule has 2 heteroatoms. The van der Waals surface area contributed by atoms with Crippen molar-refractivity contribution in [1.82, 2.24) is 9.55 Å². The molecule has 0 spiro atoms. The predicted octanol–water partition coefficient (Wildman–Crippen LogP) is 5.03. The maximum absolute atomic E-state index is 4.94. The van der Waals surface area contributed by atoms with Gasteiger partial charge in [0.05, 0.1) is 5.69 Å². The van der Waals surface area contributed by atoms with E-state index in [1.807, 2.05) is 0 Å². The van der Waals surface area contributed by atoms with Crippen LogP contribution in [0.25, 0.3) is 17.1 Å². The van der Waals surface area contributed by atoms with E-state index in [4.69, 9.17) is 4.98 Å². The summed E-state index contributed by atoms with van der Waals surface area (Å²) >= 11 is 0. The molecule has 1 aliphatic carbocycles. The van der Waals surface area contributed by atoms with Gasteiger partial charge >= 0.3 is 0 Å². The van der Waals surface area contributed by atoms with Crippen molar-refractivity contribution in [2.24, 2.45) is 0 Å². The fraction of sp³-hybridized carbons (Fsp3) is 0.250. The summed E-state index contributed by atoms with van der Waals surface area (Å²) in [4.78, 5) is 4.94. The highest BCUT2D eigenvalue weighted by atomic mass is 15.1. The van der Waals surface area contributed by atoms with Crippen LogP contribution in [-0.4, -0.2) is 9.55 Å². The molecule has 0 atom stereocenters. The van der Waals surface area contributed by atoms with Crippen molar-refractivity contribution >= 4 is 0 Å². The van der Waals surface area contributed by atoms with Crippen LogP contribution in [0.4, 0.5) is 0 Å². The van der Waals surface area contributed by atoms with Gasteiger partial charge in [-0.05, 0) is 62.4 Å². The average molecular weight is 288 g/mol. The van der Waals surface area contributed by atoms with Crippen molar-refractivity contribution < 1.29 is 0 Å². The van der Waals surface area contributed by atoms with E-state index in [2.05, 4.69) is 73.0 Å². The van der Waals surface area contributed by atoms with E-state index in [0.717, 1.165) is 17.4 Å². The van der Waals surface area contributed by atoms with Gasteiger partial charge in [0.2, 0.25) is 0 Å². The van der Waals surface area contributed by atoms with Crippen LogP contribution >= 0.6 is 0 Å². The van der Waals surface area contributed by atoms with E-state index >= 15 is 0 Å². The first-order valence-electron chi connectivity index (χ1n) is 7.96. The lowest BCUT2D eigenvalue weighted by Gasteiger charge is -2.12. The molecule has 1 saturated carbocycles. The van der Waals surface area contributed by atoms with Gasteiger partial charge in [-0.25, -0.2) is 4.98 Å². The topological polar surface area (TPSA) is 17.8 Å². The molecule has 0 bridgehead atoms. The number of rotatable bonds is 3. The molecular formula is C20H20N2. The second-order valence-electron chi connectivity index (χ2n) is 6.19. The summed E-state index contributed by atoms with van der Waals surface area (Å²) in [6.07, 6.45) is 2.62. The molecule has 1 aromatic carbocycles. The molecule has 2 heterocycles. The van der Waals surface area contributed by atoms with Crippen LogP contribution in [0.2, 0.25) is 0 Å². The molecule has 0 aliphatic heterocycles. The number of nitrogens with zero attached hydrogens (tertiary/aromatic N) is 2. The minimum Gasteiger partial charge on any atom is -0.303 e. The van der Waals surface area contributed by atoms with Crippen molar-refractivity contribution in [3.8, 4) is 17.1 Å². The number of hydrogen-bond acceptors (Lipinski definition) is 1. The molecule has 22 heavy (non-hydrogen) atoms. The molecule has 0 radical (unpaired) electrons. The summed E-state index contributed by atoms with van der Waals surface area (Å²) in [6.45, 7) is 4.25. The number of benzene rings is 1. The molecule has 3 aromatic rings. The van der Waals surface area contributed by atoms with Gasteiger partial charge in [-0.15, -0.1) is 0 Å². The SMILES string of the molecule is Cc1ccc(C)n1-c1cccc(-c2ccccc2C2CC2)n1. The standard InChI is InChI=1S/C20H20N2/c1-14-10-11-15(2)22(14)20-9-5-8-19(21-20)18-7-4-3-6-17(18)16-12-13-16/h3-11,16H,12-13H2,1-2H3. The van der Waals surface area contributed by atoms with Crippen LogP contribution in [0.1, 0.15) is 35.7 Å². The molecule has 2 nitrogen and oxygen atoms in total. The normalized spacial score (nSPS) is 14.3. The zero-order valence-electron chi connectivity index (χ0n) is 13.1. The largest absolute Gasteiger partial charge is 0.303 e. The van der Waals surface area contributed by atoms with Crippen LogP contribution in [0.3, 0.4) is 0 Å². The third kappa shape index (κ3) is 2.25. The van der Waals surface area contributed by atoms with Crippen molar-refractivity contribution in [2.45, 2.75) is 32.6 Å². The molecule has 2 aromatic heterocycles. The monoisotopic (exact) mass is 288 g/mol. The van der Waals surface area contributed by atoms with Crippen LogP contribution < -0.4 is 0 Å². The van der Waals surface area contributed by atoms with Crippen molar-refractivity contribution in [3.63, 3.8) is 0 Å². The van der Waals surface area contributed by atoms with Crippen molar-refractivity contribution in [1.29, 1.82) is 0 Å². The van der Waals surface area contributed by atoms with Crippen LogP contribution in [0.15, 0.2) is 54.6 Å². The third-order valence-corrected chi connectivity index (χ3v) is 4.49. The van der Waals surface area contributed by atoms with E-state index in [0.29, 0.717) is 0 Å². The Morgan fingerprint density at radius 2 is 1.59 bits per heavy atom. The van der Waals surface area contributed by atoms with Gasteiger partial charge in [-0.1, -0.05) is 30.3 Å². The van der Waals surface area contributed by atoms with E-state index in [9.17, 15) is 0 Å². The predicted molar refractivity (Wildman–Crippen MR) is 90.4 cm³/mol. The highest BCUT2D eigenvalue weighted by Gasteiger charge is 2.26. The van der Waals surface area contributed by atoms with E-state index < -0.39 is 0 Å². The smallest absolute Gasteiger partial charge is 0.137 e. The van der Waals surface area contributed by atoms with Crippen molar-refractivity contribution in [3.05, 3.63) is 71.5 Å². The van der Waals surface area contributed by atoms with Gasteiger partial charge in [0.1, 0.15) is 5.82 Å². The summed E-state index contributed by atoms with van der Waals surface area (Å²) in [7, 11) is 0. The second-order valence-corrected chi connectivity index (χ2v) is 6.19. The van der Waals surface area contributed by atoms with Gasteiger partial charge in [-0.3, -0.25) is 0 Å². The molecule has 0 amide bonds. The first-order chi connectivity index (χ1) is 10.7. The zero-order valence-corrected chi connectivity index (χ0v) is 13.1. The first-order valence-corrected chi connectivity index (χ1v) is 7.96. The number of pyridine rings is 1. The Labute approximate surface area is 131 Å². The quantitative estimate of drug-likeness (QED) is 0.660. The lowest BCUT2D eigenvalue weighted by Crippen LogP contribution is -2.02. The second kappa shape index (κ2) is 5.13. The maximum Gasteiger partial charge on any atom is 0.137 e. The summed E-state index contributed by atoms with van der Waals surface area (Å²) in [6, 6.07) is 19.3. The Kier molecular flexibility index (Phi) is 3.11. The molecule has 4 rings (SSSR count). The van der Waals surface area contributed by atoms with Crippen LogP contribution in [0, 0.1) is 13.8 Å². The highest BCUT2D eigenvalue weighted by molar-refractivity contribution is 5.66. The van der Waals surface area contributed by atoms with Gasteiger partial charge in [0, 0.05) is 17.0 Å². The zero-order chi connectivity index (χ0) is 15.1. The summed E-state index contributed by atoms with van der Waals surface area (Å²) in [5.41, 5.74) is 6.25. The molecule has 1 aliphatic rings. The summed E-state index contributed by atoms with van der Waals surface area (Å²) < 4.78 is 2.21. The average Bonchev–Trinajstić information content (AvgIpc) is 3.33. The van der Waals surface area contributed by atoms with Crippen molar-refractivity contribution in [2.75, 3.05) is 0 Å².